The summed E-state index contributed by atoms with van der Waals surface area (Å²) in [7, 11) is 2.12. The van der Waals surface area contributed by atoms with Gasteiger partial charge < -0.3 is 5.73 Å². The molecule has 20 heavy (non-hydrogen) atoms. The SMILES string of the molecule is Cc1ccccc1CN(C)Cc1ccc(C(=N)N)cc1. The summed E-state index contributed by atoms with van der Waals surface area (Å²) in [6.07, 6.45) is 0. The fraction of sp³-hybridized carbons (Fsp3) is 0.235. The summed E-state index contributed by atoms with van der Waals surface area (Å²) in [4.78, 5) is 2.28. The number of amidine groups is 1. The summed E-state index contributed by atoms with van der Waals surface area (Å²) in [5.41, 5.74) is 10.1. The van der Waals surface area contributed by atoms with Crippen molar-refractivity contribution in [2.45, 2.75) is 20.0 Å². The molecule has 0 aliphatic heterocycles. The molecule has 0 unspecified atom stereocenters. The minimum absolute atomic E-state index is 0.116. The Hall–Kier alpha value is -2.13. The van der Waals surface area contributed by atoms with Crippen molar-refractivity contribution in [1.29, 1.82) is 5.41 Å². The first-order valence-electron chi connectivity index (χ1n) is 6.72. The van der Waals surface area contributed by atoms with Gasteiger partial charge in [-0.15, -0.1) is 0 Å². The third-order valence-electron chi connectivity index (χ3n) is 3.42. The number of nitrogen functional groups attached to an aromatic ring is 1. The molecule has 3 nitrogen and oxygen atoms in total. The zero-order valence-corrected chi connectivity index (χ0v) is 12.1. The van der Waals surface area contributed by atoms with Crippen LogP contribution in [0.5, 0.6) is 0 Å². The molecule has 0 aliphatic rings. The van der Waals surface area contributed by atoms with Crippen LogP contribution >= 0.6 is 0 Å². The molecular formula is C17H21N3. The van der Waals surface area contributed by atoms with Crippen LogP contribution in [0.4, 0.5) is 0 Å². The van der Waals surface area contributed by atoms with E-state index in [9.17, 15) is 0 Å². The van der Waals surface area contributed by atoms with Crippen molar-refractivity contribution < 1.29 is 0 Å². The molecule has 2 rings (SSSR count). The minimum atomic E-state index is 0.116. The van der Waals surface area contributed by atoms with Crippen molar-refractivity contribution >= 4 is 5.84 Å². The first-order valence-corrected chi connectivity index (χ1v) is 6.72. The molecule has 0 heterocycles. The lowest BCUT2D eigenvalue weighted by Gasteiger charge is -2.18. The Morgan fingerprint density at radius 2 is 1.70 bits per heavy atom. The quantitative estimate of drug-likeness (QED) is 0.646. The second-order valence-electron chi connectivity index (χ2n) is 5.21. The Labute approximate surface area is 120 Å². The summed E-state index contributed by atoms with van der Waals surface area (Å²) >= 11 is 0. The molecule has 3 heteroatoms. The molecule has 0 fully saturated rings. The molecule has 0 bridgehead atoms. The van der Waals surface area contributed by atoms with Crippen LogP contribution in [0.25, 0.3) is 0 Å². The van der Waals surface area contributed by atoms with Crippen LogP contribution < -0.4 is 5.73 Å². The standard InChI is InChI=1S/C17H21N3/c1-13-5-3-4-6-16(13)12-20(2)11-14-7-9-15(10-8-14)17(18)19/h3-10H,11-12H2,1-2H3,(H3,18,19). The van der Waals surface area contributed by atoms with E-state index < -0.39 is 0 Å². The second-order valence-corrected chi connectivity index (χ2v) is 5.21. The number of nitrogens with one attached hydrogen (secondary N) is 1. The van der Waals surface area contributed by atoms with E-state index in [2.05, 4.69) is 43.1 Å². The van der Waals surface area contributed by atoms with Gasteiger partial charge >= 0.3 is 0 Å². The van der Waals surface area contributed by atoms with Gasteiger partial charge in [-0.2, -0.15) is 0 Å². The monoisotopic (exact) mass is 267 g/mol. The van der Waals surface area contributed by atoms with Crippen LogP contribution in [-0.2, 0) is 13.1 Å². The second kappa shape index (κ2) is 6.35. The Morgan fingerprint density at radius 1 is 1.05 bits per heavy atom. The van der Waals surface area contributed by atoms with Crippen molar-refractivity contribution in [3.8, 4) is 0 Å². The van der Waals surface area contributed by atoms with E-state index in [-0.39, 0.29) is 5.84 Å². The van der Waals surface area contributed by atoms with Gasteiger partial charge in [-0.1, -0.05) is 48.5 Å². The van der Waals surface area contributed by atoms with Crippen molar-refractivity contribution in [1.82, 2.24) is 4.90 Å². The lowest BCUT2D eigenvalue weighted by molar-refractivity contribution is 0.318. The first-order chi connectivity index (χ1) is 9.56. The van der Waals surface area contributed by atoms with E-state index in [0.717, 1.165) is 18.7 Å². The molecule has 2 aromatic rings. The highest BCUT2D eigenvalue weighted by Gasteiger charge is 2.04. The molecule has 0 saturated carbocycles. The molecule has 2 aromatic carbocycles. The van der Waals surface area contributed by atoms with Crippen molar-refractivity contribution in [2.24, 2.45) is 5.73 Å². The molecule has 0 radical (unpaired) electrons. The van der Waals surface area contributed by atoms with Crippen molar-refractivity contribution in [2.75, 3.05) is 7.05 Å². The van der Waals surface area contributed by atoms with E-state index >= 15 is 0 Å². The van der Waals surface area contributed by atoms with E-state index in [1.807, 2.05) is 24.3 Å². The fourth-order valence-corrected chi connectivity index (χ4v) is 2.24. The molecule has 0 aromatic heterocycles. The van der Waals surface area contributed by atoms with Gasteiger partial charge in [0.2, 0.25) is 0 Å². The smallest absolute Gasteiger partial charge is 0.122 e. The Kier molecular flexibility index (Phi) is 4.53. The predicted molar refractivity (Wildman–Crippen MR) is 83.8 cm³/mol. The van der Waals surface area contributed by atoms with E-state index in [1.54, 1.807) is 0 Å². The highest BCUT2D eigenvalue weighted by molar-refractivity contribution is 5.94. The maximum Gasteiger partial charge on any atom is 0.122 e. The highest BCUT2D eigenvalue weighted by atomic mass is 15.1. The van der Waals surface area contributed by atoms with Gasteiger partial charge in [0.15, 0.2) is 0 Å². The Bertz CT molecular complexity index is 587. The molecule has 104 valence electrons. The number of nitrogens with zero attached hydrogens (tertiary/aromatic N) is 1. The minimum Gasteiger partial charge on any atom is -0.384 e. The number of benzene rings is 2. The topological polar surface area (TPSA) is 53.1 Å². The van der Waals surface area contributed by atoms with E-state index in [0.29, 0.717) is 0 Å². The highest BCUT2D eigenvalue weighted by Crippen LogP contribution is 2.12. The van der Waals surface area contributed by atoms with Crippen molar-refractivity contribution in [3.05, 3.63) is 70.8 Å². The number of hydrogen-bond acceptors (Lipinski definition) is 2. The van der Waals surface area contributed by atoms with Crippen LogP contribution in [0.2, 0.25) is 0 Å². The zero-order valence-electron chi connectivity index (χ0n) is 12.1. The van der Waals surface area contributed by atoms with Gasteiger partial charge in [0, 0.05) is 18.7 Å². The lowest BCUT2D eigenvalue weighted by atomic mass is 10.1. The molecular weight excluding hydrogens is 246 g/mol. The predicted octanol–water partition coefficient (Wildman–Crippen LogP) is 2.91. The van der Waals surface area contributed by atoms with Gasteiger partial charge in [0.05, 0.1) is 0 Å². The third-order valence-corrected chi connectivity index (χ3v) is 3.42. The normalized spacial score (nSPS) is 10.8. The molecule has 0 amide bonds. The van der Waals surface area contributed by atoms with Crippen LogP contribution in [0.3, 0.4) is 0 Å². The number of hydrogen-bond donors (Lipinski definition) is 2. The van der Waals surface area contributed by atoms with Gasteiger partial charge in [0.25, 0.3) is 0 Å². The summed E-state index contributed by atoms with van der Waals surface area (Å²) in [5.74, 6) is 0.116. The van der Waals surface area contributed by atoms with Crippen LogP contribution in [0.15, 0.2) is 48.5 Å². The average Bonchev–Trinajstić information content (AvgIpc) is 2.42. The summed E-state index contributed by atoms with van der Waals surface area (Å²) in [6, 6.07) is 16.3. The molecule has 0 spiro atoms. The van der Waals surface area contributed by atoms with Crippen molar-refractivity contribution in [3.63, 3.8) is 0 Å². The average molecular weight is 267 g/mol. The lowest BCUT2D eigenvalue weighted by Crippen LogP contribution is -2.18. The van der Waals surface area contributed by atoms with Gasteiger partial charge in [-0.3, -0.25) is 10.3 Å². The summed E-state index contributed by atoms with van der Waals surface area (Å²) < 4.78 is 0. The van der Waals surface area contributed by atoms with Gasteiger partial charge in [-0.05, 0) is 30.7 Å². The number of rotatable bonds is 5. The van der Waals surface area contributed by atoms with Crippen LogP contribution in [0, 0.1) is 12.3 Å². The van der Waals surface area contributed by atoms with Gasteiger partial charge in [-0.25, -0.2) is 0 Å². The molecule has 0 saturated heterocycles. The van der Waals surface area contributed by atoms with Crippen LogP contribution in [-0.4, -0.2) is 17.8 Å². The molecule has 0 aliphatic carbocycles. The molecule has 3 N–H and O–H groups in total. The fourth-order valence-electron chi connectivity index (χ4n) is 2.24. The van der Waals surface area contributed by atoms with E-state index in [1.165, 1.54) is 16.7 Å². The van der Waals surface area contributed by atoms with Crippen LogP contribution in [0.1, 0.15) is 22.3 Å². The largest absolute Gasteiger partial charge is 0.384 e. The van der Waals surface area contributed by atoms with Gasteiger partial charge in [0.1, 0.15) is 5.84 Å². The maximum atomic E-state index is 7.39. The number of nitrogens with two attached hydrogens (primary N) is 1. The first kappa shape index (κ1) is 14.3. The Balaban J connectivity index is 1.99. The maximum absolute atomic E-state index is 7.39. The van der Waals surface area contributed by atoms with E-state index in [4.69, 9.17) is 11.1 Å². The zero-order chi connectivity index (χ0) is 14.5. The summed E-state index contributed by atoms with van der Waals surface area (Å²) in [6.45, 7) is 3.96. The Morgan fingerprint density at radius 3 is 2.30 bits per heavy atom. The third kappa shape index (κ3) is 3.68. The summed E-state index contributed by atoms with van der Waals surface area (Å²) in [5, 5.41) is 7.39. The number of aryl methyl sites for hydroxylation is 1. The molecule has 0 atom stereocenters.